The van der Waals surface area contributed by atoms with E-state index in [4.69, 9.17) is 0 Å². The number of fused-ring (bicyclic) bond motifs is 2. The van der Waals surface area contributed by atoms with Crippen molar-refractivity contribution in [2.24, 2.45) is 0 Å². The summed E-state index contributed by atoms with van der Waals surface area (Å²) in [5, 5.41) is 9.52. The monoisotopic (exact) mass is 377 g/mol. The van der Waals surface area contributed by atoms with Crippen molar-refractivity contribution in [1.29, 1.82) is 0 Å². The van der Waals surface area contributed by atoms with Crippen molar-refractivity contribution in [2.75, 3.05) is 5.32 Å². The third-order valence-corrected chi connectivity index (χ3v) is 10.8. The normalized spacial score (nSPS) is 13.9. The van der Waals surface area contributed by atoms with Gasteiger partial charge in [-0.2, -0.15) is 0 Å². The Kier molecular flexibility index (Phi) is 3.95. The number of hydrogen-bond acceptors (Lipinski definition) is 1. The molecule has 0 fully saturated rings. The third-order valence-electron chi connectivity index (χ3n) is 5.93. The van der Waals surface area contributed by atoms with Crippen molar-refractivity contribution in [1.82, 2.24) is 0 Å². The summed E-state index contributed by atoms with van der Waals surface area (Å²) in [5.41, 5.74) is 5.11. The molecule has 0 saturated carbocycles. The van der Waals surface area contributed by atoms with Gasteiger partial charge in [0.1, 0.15) is 0 Å². The predicted octanol–water partition coefficient (Wildman–Crippen LogP) is 3.74. The molecule has 0 unspecified atom stereocenters. The van der Waals surface area contributed by atoms with Crippen molar-refractivity contribution >= 4 is 40.2 Å². The molecule has 1 N–H and O–H groups in total. The maximum Gasteiger partial charge on any atom is 0.183 e. The van der Waals surface area contributed by atoms with Gasteiger partial charge < -0.3 is 5.32 Å². The number of aryl methyl sites for hydroxylation is 2. The zero-order valence-electron chi connectivity index (χ0n) is 16.2. The zero-order valence-corrected chi connectivity index (χ0v) is 17.2. The van der Waals surface area contributed by atoms with Gasteiger partial charge >= 0.3 is 0 Å². The molecular weight excluding hydrogens is 354 g/mol. The fourth-order valence-electron chi connectivity index (χ4n) is 4.68. The van der Waals surface area contributed by atoms with Crippen LogP contribution in [0.1, 0.15) is 11.1 Å². The Bertz CT molecular complexity index is 1110. The largest absolute Gasteiger partial charge is 0.355 e. The third kappa shape index (κ3) is 2.38. The first-order chi connectivity index (χ1) is 13.7. The lowest BCUT2D eigenvalue weighted by atomic mass is 10.1. The molecule has 0 aliphatic carbocycles. The van der Waals surface area contributed by atoms with Crippen molar-refractivity contribution in [2.45, 2.75) is 13.8 Å². The highest BCUT2D eigenvalue weighted by Gasteiger charge is 2.46. The molecule has 2 heteroatoms. The van der Waals surface area contributed by atoms with Crippen molar-refractivity contribution in [3.05, 3.63) is 108 Å². The molecular formula is C26H23NSi. The smallest absolute Gasteiger partial charge is 0.183 e. The summed E-state index contributed by atoms with van der Waals surface area (Å²) in [6.07, 6.45) is 0. The van der Waals surface area contributed by atoms with Crippen LogP contribution >= 0.6 is 0 Å². The van der Waals surface area contributed by atoms with Crippen LogP contribution in [-0.4, -0.2) is 8.07 Å². The van der Waals surface area contributed by atoms with Gasteiger partial charge in [0.25, 0.3) is 0 Å². The molecule has 0 aromatic heterocycles. The van der Waals surface area contributed by atoms with Crippen LogP contribution in [0.5, 0.6) is 0 Å². The highest BCUT2D eigenvalue weighted by atomic mass is 28.3. The first-order valence-corrected chi connectivity index (χ1v) is 11.8. The van der Waals surface area contributed by atoms with Gasteiger partial charge in [-0.25, -0.2) is 0 Å². The summed E-state index contributed by atoms with van der Waals surface area (Å²) in [4.78, 5) is 0. The number of para-hydroxylation sites is 1. The number of anilines is 2. The minimum absolute atomic E-state index is 1.25. The first-order valence-electron chi connectivity index (χ1n) is 9.80. The Labute approximate surface area is 167 Å². The molecule has 1 aliphatic rings. The minimum atomic E-state index is -2.39. The predicted molar refractivity (Wildman–Crippen MR) is 123 cm³/mol. The molecule has 4 aromatic carbocycles. The fourth-order valence-corrected chi connectivity index (χ4v) is 9.78. The average Bonchev–Trinajstić information content (AvgIpc) is 2.74. The highest BCUT2D eigenvalue weighted by Crippen LogP contribution is 2.28. The second-order valence-corrected chi connectivity index (χ2v) is 11.4. The molecule has 1 aliphatic heterocycles. The van der Waals surface area contributed by atoms with Crippen molar-refractivity contribution in [3.63, 3.8) is 0 Å². The molecule has 0 radical (unpaired) electrons. The topological polar surface area (TPSA) is 12.0 Å². The SMILES string of the molecule is Cc1ccc2c(c1)Nc1c(C)cccc1[Si]2(c1ccccc1)c1ccccc1. The van der Waals surface area contributed by atoms with Crippen LogP contribution in [0, 0.1) is 13.8 Å². The highest BCUT2D eigenvalue weighted by molar-refractivity contribution is 7.21. The van der Waals surface area contributed by atoms with E-state index < -0.39 is 8.07 Å². The number of nitrogens with one attached hydrogen (secondary N) is 1. The Morgan fingerprint density at radius 3 is 1.89 bits per heavy atom. The van der Waals surface area contributed by atoms with Crippen LogP contribution in [0.2, 0.25) is 0 Å². The average molecular weight is 378 g/mol. The summed E-state index contributed by atoms with van der Waals surface area (Å²) in [7, 11) is -2.39. The second-order valence-electron chi connectivity index (χ2n) is 7.65. The first kappa shape index (κ1) is 17.0. The lowest BCUT2D eigenvalue weighted by Gasteiger charge is -2.41. The maximum atomic E-state index is 3.78. The zero-order chi connectivity index (χ0) is 19.1. The molecule has 0 atom stereocenters. The molecule has 1 heterocycles. The van der Waals surface area contributed by atoms with Crippen LogP contribution < -0.4 is 26.1 Å². The van der Waals surface area contributed by atoms with Gasteiger partial charge in [-0.3, -0.25) is 0 Å². The Hall–Kier alpha value is -3.10. The number of hydrogen-bond donors (Lipinski definition) is 1. The van der Waals surface area contributed by atoms with Crippen LogP contribution in [0.4, 0.5) is 11.4 Å². The van der Waals surface area contributed by atoms with Crippen molar-refractivity contribution in [3.8, 4) is 0 Å². The number of rotatable bonds is 2. The van der Waals surface area contributed by atoms with Crippen LogP contribution in [0.15, 0.2) is 97.1 Å². The van der Waals surface area contributed by atoms with Gasteiger partial charge in [0.15, 0.2) is 8.07 Å². The molecule has 0 saturated heterocycles. The lowest BCUT2D eigenvalue weighted by molar-refractivity contribution is 1.41. The van der Waals surface area contributed by atoms with E-state index in [9.17, 15) is 0 Å². The van der Waals surface area contributed by atoms with Crippen LogP contribution in [0.3, 0.4) is 0 Å². The molecule has 0 spiro atoms. The summed E-state index contributed by atoms with van der Waals surface area (Å²) in [5.74, 6) is 0. The Balaban J connectivity index is 1.98. The van der Waals surface area contributed by atoms with E-state index in [1.807, 2.05) is 0 Å². The van der Waals surface area contributed by atoms with E-state index in [2.05, 4.69) is 116 Å². The van der Waals surface area contributed by atoms with Gasteiger partial charge in [-0.15, -0.1) is 0 Å². The molecule has 0 bridgehead atoms. The Morgan fingerprint density at radius 1 is 0.607 bits per heavy atom. The van der Waals surface area contributed by atoms with Gasteiger partial charge in [0.2, 0.25) is 0 Å². The maximum absolute atomic E-state index is 3.78. The quantitative estimate of drug-likeness (QED) is 0.462. The summed E-state index contributed by atoms with van der Waals surface area (Å²) < 4.78 is 0. The summed E-state index contributed by atoms with van der Waals surface area (Å²) in [6.45, 7) is 4.38. The van der Waals surface area contributed by atoms with E-state index in [0.29, 0.717) is 0 Å². The van der Waals surface area contributed by atoms with Crippen molar-refractivity contribution < 1.29 is 0 Å². The van der Waals surface area contributed by atoms with Crippen LogP contribution in [-0.2, 0) is 0 Å². The standard InChI is InChI=1S/C26H23NSi/c1-19-16-17-24-23(18-19)27-26-20(2)10-9-15-25(26)28(24,21-11-5-3-6-12-21)22-13-7-4-8-14-22/h3-18,27H,1-2H3. The van der Waals surface area contributed by atoms with Gasteiger partial charge in [0.05, 0.1) is 0 Å². The minimum Gasteiger partial charge on any atom is -0.355 e. The van der Waals surface area contributed by atoms with Gasteiger partial charge in [-0.05, 0) is 51.8 Å². The number of benzene rings is 4. The van der Waals surface area contributed by atoms with E-state index in [1.165, 1.54) is 43.2 Å². The van der Waals surface area contributed by atoms with Gasteiger partial charge in [-0.1, -0.05) is 91.0 Å². The van der Waals surface area contributed by atoms with Gasteiger partial charge in [0, 0.05) is 11.4 Å². The van der Waals surface area contributed by atoms with Crippen LogP contribution in [0.25, 0.3) is 0 Å². The van der Waals surface area contributed by atoms with E-state index >= 15 is 0 Å². The molecule has 1 nitrogen and oxygen atoms in total. The fraction of sp³-hybridized carbons (Fsp3) is 0.0769. The molecule has 5 rings (SSSR count). The van der Waals surface area contributed by atoms with E-state index in [1.54, 1.807) is 0 Å². The van der Waals surface area contributed by atoms with E-state index in [-0.39, 0.29) is 0 Å². The summed E-state index contributed by atoms with van der Waals surface area (Å²) in [6, 6.07) is 35.9. The lowest BCUT2D eigenvalue weighted by Crippen LogP contribution is -2.76. The molecule has 0 amide bonds. The van der Waals surface area contributed by atoms with E-state index in [0.717, 1.165) is 0 Å². The second kappa shape index (κ2) is 6.50. The Morgan fingerprint density at radius 2 is 1.25 bits per heavy atom. The molecule has 28 heavy (non-hydrogen) atoms. The molecule has 4 aromatic rings. The summed E-state index contributed by atoms with van der Waals surface area (Å²) >= 11 is 0. The molecule has 136 valence electrons.